The number of phenols is 1. The lowest BCUT2D eigenvalue weighted by Crippen LogP contribution is -2.36. The van der Waals surface area contributed by atoms with Crippen LogP contribution < -0.4 is 20.1 Å². The van der Waals surface area contributed by atoms with Crippen LogP contribution in [-0.4, -0.2) is 32.3 Å². The van der Waals surface area contributed by atoms with Crippen LogP contribution in [-0.2, 0) is 25.9 Å². The molecule has 0 heterocycles. The number of aliphatic imine (C=N–C) groups is 1. The van der Waals surface area contributed by atoms with Gasteiger partial charge in [0.1, 0.15) is 17.2 Å². The molecule has 0 unspecified atom stereocenters. The first-order valence-corrected chi connectivity index (χ1v) is 9.64. The standard InChI is InChI=1S/C22H29N3O3.HI/c1-23-22(24-13-16-8-10-17(27-2)12-21(16)28-3)25-14-19-18-7-5-4-6-15(18)9-11-20(19)26;/h8-12,26H,4-7,13-14H2,1-3H3,(H2,23,24,25);1H. The normalized spacial score (nSPS) is 13.1. The van der Waals surface area contributed by atoms with Crippen molar-refractivity contribution in [3.63, 3.8) is 0 Å². The largest absolute Gasteiger partial charge is 0.508 e. The minimum Gasteiger partial charge on any atom is -0.508 e. The Morgan fingerprint density at radius 2 is 1.79 bits per heavy atom. The molecule has 2 aromatic carbocycles. The molecule has 6 nitrogen and oxygen atoms in total. The van der Waals surface area contributed by atoms with Crippen molar-refractivity contribution < 1.29 is 14.6 Å². The van der Waals surface area contributed by atoms with Gasteiger partial charge in [-0.1, -0.05) is 6.07 Å². The minimum atomic E-state index is 0. The fourth-order valence-electron chi connectivity index (χ4n) is 3.66. The Bertz CT molecular complexity index is 855. The van der Waals surface area contributed by atoms with Crippen LogP contribution in [0.5, 0.6) is 17.2 Å². The molecule has 1 aliphatic carbocycles. The summed E-state index contributed by atoms with van der Waals surface area (Å²) in [5.74, 6) is 2.54. The lowest BCUT2D eigenvalue weighted by Gasteiger charge is -2.21. The van der Waals surface area contributed by atoms with E-state index in [1.54, 1.807) is 27.3 Å². The number of hydrogen-bond donors (Lipinski definition) is 3. The van der Waals surface area contributed by atoms with Crippen molar-refractivity contribution in [1.82, 2.24) is 10.6 Å². The molecule has 158 valence electrons. The van der Waals surface area contributed by atoms with Crippen LogP contribution in [0.15, 0.2) is 35.3 Å². The summed E-state index contributed by atoms with van der Waals surface area (Å²) in [6.07, 6.45) is 4.51. The Hall–Kier alpha value is -2.16. The topological polar surface area (TPSA) is 75.1 Å². The predicted octanol–water partition coefficient (Wildman–Crippen LogP) is 3.77. The van der Waals surface area contributed by atoms with E-state index in [0.717, 1.165) is 35.5 Å². The van der Waals surface area contributed by atoms with Gasteiger partial charge in [0.2, 0.25) is 0 Å². The molecule has 0 bridgehead atoms. The number of phenolic OH excluding ortho intramolecular Hbond substituents is 1. The average molecular weight is 511 g/mol. The van der Waals surface area contributed by atoms with Crippen LogP contribution in [0.25, 0.3) is 0 Å². The molecule has 2 aromatic rings. The summed E-state index contributed by atoms with van der Waals surface area (Å²) in [4.78, 5) is 4.30. The number of guanidine groups is 1. The summed E-state index contributed by atoms with van der Waals surface area (Å²) in [5, 5.41) is 17.0. The van der Waals surface area contributed by atoms with E-state index in [-0.39, 0.29) is 24.0 Å². The first-order valence-electron chi connectivity index (χ1n) is 9.64. The molecule has 0 saturated heterocycles. The lowest BCUT2D eigenvalue weighted by atomic mass is 9.88. The third-order valence-electron chi connectivity index (χ3n) is 5.22. The number of hydrogen-bond acceptors (Lipinski definition) is 4. The van der Waals surface area contributed by atoms with Crippen molar-refractivity contribution in [2.75, 3.05) is 21.3 Å². The Kier molecular flexibility index (Phi) is 8.88. The second kappa shape index (κ2) is 11.1. The second-order valence-electron chi connectivity index (χ2n) is 6.87. The van der Waals surface area contributed by atoms with E-state index in [4.69, 9.17) is 9.47 Å². The summed E-state index contributed by atoms with van der Waals surface area (Å²) < 4.78 is 10.7. The van der Waals surface area contributed by atoms with Crippen LogP contribution in [0.4, 0.5) is 0 Å². The fourth-order valence-corrected chi connectivity index (χ4v) is 3.66. The highest BCUT2D eigenvalue weighted by atomic mass is 127. The molecule has 7 heteroatoms. The van der Waals surface area contributed by atoms with Crippen molar-refractivity contribution in [2.45, 2.75) is 38.8 Å². The summed E-state index contributed by atoms with van der Waals surface area (Å²) in [6.45, 7) is 1.10. The highest BCUT2D eigenvalue weighted by Crippen LogP contribution is 2.30. The summed E-state index contributed by atoms with van der Waals surface area (Å²) in [5.41, 5.74) is 4.62. The third kappa shape index (κ3) is 5.68. The van der Waals surface area contributed by atoms with E-state index in [1.165, 1.54) is 24.0 Å². The van der Waals surface area contributed by atoms with Crippen molar-refractivity contribution in [2.24, 2.45) is 4.99 Å². The van der Waals surface area contributed by atoms with Gasteiger partial charge in [-0.3, -0.25) is 4.99 Å². The van der Waals surface area contributed by atoms with Gasteiger partial charge in [0.25, 0.3) is 0 Å². The number of nitrogens with one attached hydrogen (secondary N) is 2. The number of fused-ring (bicyclic) bond motifs is 1. The summed E-state index contributed by atoms with van der Waals surface area (Å²) >= 11 is 0. The van der Waals surface area contributed by atoms with Crippen LogP contribution >= 0.6 is 24.0 Å². The summed E-state index contributed by atoms with van der Waals surface area (Å²) in [6, 6.07) is 9.60. The number of benzene rings is 2. The summed E-state index contributed by atoms with van der Waals surface area (Å²) in [7, 11) is 5.02. The fraction of sp³-hybridized carbons (Fsp3) is 0.409. The highest BCUT2D eigenvalue weighted by Gasteiger charge is 2.16. The number of rotatable bonds is 6. The maximum atomic E-state index is 10.3. The molecule has 0 spiro atoms. The van der Waals surface area contributed by atoms with Crippen molar-refractivity contribution in [3.05, 3.63) is 52.6 Å². The van der Waals surface area contributed by atoms with Gasteiger partial charge < -0.3 is 25.2 Å². The Morgan fingerprint density at radius 1 is 1.03 bits per heavy atom. The van der Waals surface area contributed by atoms with Gasteiger partial charge >= 0.3 is 0 Å². The molecule has 0 amide bonds. The first-order chi connectivity index (χ1) is 13.7. The van der Waals surface area contributed by atoms with Crippen LogP contribution in [0.3, 0.4) is 0 Å². The molecule has 1 aliphatic rings. The lowest BCUT2D eigenvalue weighted by molar-refractivity contribution is 0.390. The smallest absolute Gasteiger partial charge is 0.191 e. The second-order valence-corrected chi connectivity index (χ2v) is 6.87. The first kappa shape index (κ1) is 23.1. The molecular weight excluding hydrogens is 481 g/mol. The van der Waals surface area contributed by atoms with Crippen molar-refractivity contribution in [3.8, 4) is 17.2 Å². The molecule has 0 aliphatic heterocycles. The molecule has 0 saturated carbocycles. The molecule has 0 atom stereocenters. The van der Waals surface area contributed by atoms with Gasteiger partial charge in [0.05, 0.1) is 14.2 Å². The molecule has 0 aromatic heterocycles. The quantitative estimate of drug-likeness (QED) is 0.313. The Morgan fingerprint density at radius 3 is 2.52 bits per heavy atom. The van der Waals surface area contributed by atoms with E-state index in [0.29, 0.717) is 24.8 Å². The van der Waals surface area contributed by atoms with Crippen LogP contribution in [0, 0.1) is 0 Å². The monoisotopic (exact) mass is 511 g/mol. The number of aromatic hydroxyl groups is 1. The number of aryl methyl sites for hydroxylation is 1. The SMILES string of the molecule is CN=C(NCc1ccc(OC)cc1OC)NCc1c(O)ccc2c1CCCC2.I. The van der Waals surface area contributed by atoms with Gasteiger partial charge in [-0.05, 0) is 55.0 Å². The average Bonchev–Trinajstić information content (AvgIpc) is 2.74. The molecular formula is C22H30IN3O3. The van der Waals surface area contributed by atoms with Crippen LogP contribution in [0.1, 0.15) is 35.1 Å². The number of methoxy groups -OCH3 is 2. The zero-order chi connectivity index (χ0) is 19.9. The highest BCUT2D eigenvalue weighted by molar-refractivity contribution is 14.0. The van der Waals surface area contributed by atoms with E-state index < -0.39 is 0 Å². The van der Waals surface area contributed by atoms with E-state index in [9.17, 15) is 5.11 Å². The molecule has 0 fully saturated rings. The van der Waals surface area contributed by atoms with Crippen LogP contribution in [0.2, 0.25) is 0 Å². The Balaban J connectivity index is 0.00000300. The Labute approximate surface area is 189 Å². The number of ether oxygens (including phenoxy) is 2. The van der Waals surface area contributed by atoms with Gasteiger partial charge in [-0.2, -0.15) is 0 Å². The van der Waals surface area contributed by atoms with Crippen molar-refractivity contribution >= 4 is 29.9 Å². The van der Waals surface area contributed by atoms with E-state index in [1.807, 2.05) is 18.2 Å². The van der Waals surface area contributed by atoms with Gasteiger partial charge in [0.15, 0.2) is 5.96 Å². The number of nitrogens with zero attached hydrogens (tertiary/aromatic N) is 1. The molecule has 3 N–H and O–H groups in total. The van der Waals surface area contributed by atoms with Gasteiger partial charge in [-0.25, -0.2) is 0 Å². The van der Waals surface area contributed by atoms with Crippen molar-refractivity contribution in [1.29, 1.82) is 0 Å². The van der Waals surface area contributed by atoms with E-state index >= 15 is 0 Å². The third-order valence-corrected chi connectivity index (χ3v) is 5.22. The zero-order valence-electron chi connectivity index (χ0n) is 17.2. The minimum absolute atomic E-state index is 0. The molecule has 3 rings (SSSR count). The maximum absolute atomic E-state index is 10.3. The van der Waals surface area contributed by atoms with E-state index in [2.05, 4.69) is 21.7 Å². The molecule has 29 heavy (non-hydrogen) atoms. The molecule has 0 radical (unpaired) electrons. The number of halogens is 1. The maximum Gasteiger partial charge on any atom is 0.191 e. The predicted molar refractivity (Wildman–Crippen MR) is 127 cm³/mol. The van der Waals surface area contributed by atoms with Gasteiger partial charge in [-0.15, -0.1) is 24.0 Å². The van der Waals surface area contributed by atoms with Gasteiger partial charge in [0, 0.05) is 37.3 Å². The zero-order valence-corrected chi connectivity index (χ0v) is 19.6.